The molecule has 0 fully saturated rings. The summed E-state index contributed by atoms with van der Waals surface area (Å²) in [5, 5.41) is 7.06. The molecular weight excluding hydrogens is 432 g/mol. The highest BCUT2D eigenvalue weighted by molar-refractivity contribution is 9.11. The molecule has 0 amide bonds. The van der Waals surface area contributed by atoms with E-state index in [0.717, 1.165) is 38.9 Å². The van der Waals surface area contributed by atoms with Crippen LogP contribution in [0.15, 0.2) is 21.1 Å². The van der Waals surface area contributed by atoms with Crippen LogP contribution in [-0.2, 0) is 13.0 Å². The van der Waals surface area contributed by atoms with E-state index in [2.05, 4.69) is 54.4 Å². The van der Waals surface area contributed by atoms with Gasteiger partial charge in [0, 0.05) is 6.42 Å². The summed E-state index contributed by atoms with van der Waals surface area (Å²) in [5.74, 6) is 1.73. The molecule has 1 aromatic carbocycles. The van der Waals surface area contributed by atoms with Gasteiger partial charge in [0.15, 0.2) is 5.82 Å². The minimum Gasteiger partial charge on any atom is -0.492 e. The number of H-pyrrole nitrogens is 1. The summed E-state index contributed by atoms with van der Waals surface area (Å²) in [5.41, 5.74) is 4.41. The largest absolute Gasteiger partial charge is 0.492 e. The maximum Gasteiger partial charge on any atom is 0.214 e. The number of ether oxygens (including phenoxy) is 1. The number of benzene rings is 1. The standard InChI is InChI=1S/C14H18Br2N4OS/c1-3-5-12-18-19-14(22)20(12)17-8-9-6-10(15)13(21-4-2)11(16)7-9/h6-7,17H,3-5,8H2,1-2H3,(H,19,22). The molecule has 8 heteroatoms. The van der Waals surface area contributed by atoms with Crippen LogP contribution < -0.4 is 10.2 Å². The van der Waals surface area contributed by atoms with Gasteiger partial charge < -0.3 is 10.2 Å². The second-order valence-electron chi connectivity index (χ2n) is 4.69. The normalized spacial score (nSPS) is 10.7. The fourth-order valence-corrected chi connectivity index (χ4v) is 3.78. The van der Waals surface area contributed by atoms with Crippen molar-refractivity contribution in [1.29, 1.82) is 0 Å². The van der Waals surface area contributed by atoms with Crippen molar-refractivity contribution in [3.05, 3.63) is 37.2 Å². The number of aromatic amines is 1. The molecule has 120 valence electrons. The molecule has 0 aliphatic heterocycles. The summed E-state index contributed by atoms with van der Waals surface area (Å²) >= 11 is 12.3. The average Bonchev–Trinajstić information content (AvgIpc) is 2.82. The van der Waals surface area contributed by atoms with Crippen molar-refractivity contribution in [3.63, 3.8) is 0 Å². The third-order valence-electron chi connectivity index (χ3n) is 3.00. The van der Waals surface area contributed by atoms with Crippen molar-refractivity contribution in [2.75, 3.05) is 12.0 Å². The van der Waals surface area contributed by atoms with Gasteiger partial charge in [-0.1, -0.05) is 6.92 Å². The van der Waals surface area contributed by atoms with E-state index in [0.29, 0.717) is 17.9 Å². The Bertz CT molecular complexity index is 675. The number of nitrogens with one attached hydrogen (secondary N) is 2. The summed E-state index contributed by atoms with van der Waals surface area (Å²) in [6, 6.07) is 4.07. The van der Waals surface area contributed by atoms with Crippen molar-refractivity contribution in [2.45, 2.75) is 33.2 Å². The molecule has 1 heterocycles. The molecule has 0 saturated carbocycles. The number of hydrogen-bond donors (Lipinski definition) is 2. The van der Waals surface area contributed by atoms with Gasteiger partial charge in [0.2, 0.25) is 4.77 Å². The summed E-state index contributed by atoms with van der Waals surface area (Å²) in [7, 11) is 0. The van der Waals surface area contributed by atoms with Gasteiger partial charge >= 0.3 is 0 Å². The van der Waals surface area contributed by atoms with Crippen molar-refractivity contribution in [2.24, 2.45) is 0 Å². The number of halogens is 2. The van der Waals surface area contributed by atoms with E-state index < -0.39 is 0 Å². The van der Waals surface area contributed by atoms with E-state index in [9.17, 15) is 0 Å². The van der Waals surface area contributed by atoms with Crippen LogP contribution in [0.25, 0.3) is 0 Å². The number of nitrogens with zero attached hydrogens (tertiary/aromatic N) is 2. The van der Waals surface area contributed by atoms with E-state index in [1.165, 1.54) is 0 Å². The van der Waals surface area contributed by atoms with Crippen LogP contribution in [0.1, 0.15) is 31.7 Å². The number of hydrogen-bond acceptors (Lipinski definition) is 4. The highest BCUT2D eigenvalue weighted by Crippen LogP contribution is 2.34. The monoisotopic (exact) mass is 448 g/mol. The minimum absolute atomic E-state index is 0.576. The lowest BCUT2D eigenvalue weighted by molar-refractivity contribution is 0.336. The zero-order valence-corrected chi connectivity index (χ0v) is 16.4. The van der Waals surface area contributed by atoms with Gasteiger partial charge in [0.1, 0.15) is 5.75 Å². The molecular formula is C14H18Br2N4OS. The van der Waals surface area contributed by atoms with Crippen LogP contribution in [0.5, 0.6) is 5.75 Å². The first-order valence-electron chi connectivity index (χ1n) is 7.07. The Morgan fingerprint density at radius 1 is 1.32 bits per heavy atom. The first kappa shape index (κ1) is 17.5. The quantitative estimate of drug-likeness (QED) is 0.608. The molecule has 2 rings (SSSR count). The molecule has 0 spiro atoms. The van der Waals surface area contributed by atoms with Crippen molar-refractivity contribution in [1.82, 2.24) is 14.9 Å². The number of aryl methyl sites for hydroxylation is 1. The first-order valence-corrected chi connectivity index (χ1v) is 9.07. The summed E-state index contributed by atoms with van der Waals surface area (Å²) in [4.78, 5) is 0. The molecule has 0 saturated heterocycles. The topological polar surface area (TPSA) is 54.9 Å². The van der Waals surface area contributed by atoms with Gasteiger partial charge in [-0.15, -0.1) is 0 Å². The highest BCUT2D eigenvalue weighted by atomic mass is 79.9. The average molecular weight is 450 g/mol. The smallest absolute Gasteiger partial charge is 0.214 e. The zero-order valence-electron chi connectivity index (χ0n) is 12.4. The van der Waals surface area contributed by atoms with Crippen LogP contribution >= 0.6 is 44.1 Å². The number of rotatable bonds is 7. The Kier molecular flexibility index (Phi) is 6.46. The van der Waals surface area contributed by atoms with Crippen LogP contribution in [0.4, 0.5) is 0 Å². The Morgan fingerprint density at radius 2 is 2.00 bits per heavy atom. The molecule has 5 nitrogen and oxygen atoms in total. The summed E-state index contributed by atoms with van der Waals surface area (Å²) in [6.07, 6.45) is 1.89. The van der Waals surface area contributed by atoms with E-state index >= 15 is 0 Å². The van der Waals surface area contributed by atoms with Gasteiger partial charge in [0.05, 0.1) is 22.1 Å². The lowest BCUT2D eigenvalue weighted by Crippen LogP contribution is -2.17. The minimum atomic E-state index is 0.576. The van der Waals surface area contributed by atoms with Crippen molar-refractivity contribution >= 4 is 44.1 Å². The lowest BCUT2D eigenvalue weighted by atomic mass is 10.2. The van der Waals surface area contributed by atoms with Crippen LogP contribution in [0, 0.1) is 4.77 Å². The summed E-state index contributed by atoms with van der Waals surface area (Å²) in [6.45, 7) is 5.33. The molecule has 0 atom stereocenters. The van der Waals surface area contributed by atoms with Crippen molar-refractivity contribution < 1.29 is 4.74 Å². The predicted molar refractivity (Wildman–Crippen MR) is 97.5 cm³/mol. The third kappa shape index (κ3) is 4.11. The zero-order chi connectivity index (χ0) is 16.1. The fourth-order valence-electron chi connectivity index (χ4n) is 2.05. The lowest BCUT2D eigenvalue weighted by Gasteiger charge is -2.13. The Labute approximate surface area is 151 Å². The van der Waals surface area contributed by atoms with Gasteiger partial charge in [-0.3, -0.25) is 5.10 Å². The Morgan fingerprint density at radius 3 is 2.59 bits per heavy atom. The highest BCUT2D eigenvalue weighted by Gasteiger charge is 2.10. The second-order valence-corrected chi connectivity index (χ2v) is 6.78. The molecule has 22 heavy (non-hydrogen) atoms. The fraction of sp³-hybridized carbons (Fsp3) is 0.429. The molecule has 0 aliphatic rings. The molecule has 2 N–H and O–H groups in total. The van der Waals surface area contributed by atoms with Gasteiger partial charge in [-0.25, -0.2) is 4.68 Å². The van der Waals surface area contributed by atoms with Gasteiger partial charge in [-0.2, -0.15) is 5.10 Å². The summed E-state index contributed by atoms with van der Waals surface area (Å²) < 4.78 is 9.84. The van der Waals surface area contributed by atoms with Crippen molar-refractivity contribution in [3.8, 4) is 5.75 Å². The third-order valence-corrected chi connectivity index (χ3v) is 4.46. The van der Waals surface area contributed by atoms with E-state index in [-0.39, 0.29) is 0 Å². The molecule has 0 aliphatic carbocycles. The number of aromatic nitrogens is 3. The van der Waals surface area contributed by atoms with Gasteiger partial charge in [0.25, 0.3) is 0 Å². The maximum absolute atomic E-state index is 5.59. The molecule has 1 aromatic heterocycles. The molecule has 0 bridgehead atoms. The van der Waals surface area contributed by atoms with Gasteiger partial charge in [-0.05, 0) is 75.1 Å². The predicted octanol–water partition coefficient (Wildman–Crippen LogP) is 4.56. The van der Waals surface area contributed by atoms with Crippen LogP contribution in [0.2, 0.25) is 0 Å². The van der Waals surface area contributed by atoms with E-state index in [1.807, 2.05) is 23.7 Å². The molecule has 0 radical (unpaired) electrons. The van der Waals surface area contributed by atoms with E-state index in [1.54, 1.807) is 0 Å². The first-order chi connectivity index (χ1) is 10.6. The van der Waals surface area contributed by atoms with E-state index in [4.69, 9.17) is 17.0 Å². The molecule has 0 unspecified atom stereocenters. The SMILES string of the molecule is CCCc1n[nH]c(=S)n1NCc1cc(Br)c(OCC)c(Br)c1. The van der Waals surface area contributed by atoms with Crippen LogP contribution in [0.3, 0.4) is 0 Å². The molecule has 2 aromatic rings. The van der Waals surface area contributed by atoms with Crippen LogP contribution in [-0.4, -0.2) is 21.5 Å². The Balaban J connectivity index is 2.15. The maximum atomic E-state index is 5.59. The second kappa shape index (κ2) is 8.12. The Hall–Kier alpha value is -0.860.